The van der Waals surface area contributed by atoms with Crippen LogP contribution in [0.4, 0.5) is 0 Å². The molecule has 6 heteroatoms. The van der Waals surface area contributed by atoms with Gasteiger partial charge in [0.05, 0.1) is 6.61 Å². The van der Waals surface area contributed by atoms with Crippen LogP contribution in [-0.4, -0.2) is 57.9 Å². The van der Waals surface area contributed by atoms with Crippen LogP contribution in [-0.2, 0) is 9.53 Å². The summed E-state index contributed by atoms with van der Waals surface area (Å²) < 4.78 is 4.54. The fourth-order valence-corrected chi connectivity index (χ4v) is 0.881. The number of allylic oxidation sites excluding steroid dienone is 1. The number of aliphatic hydroxyl groups is 4. The van der Waals surface area contributed by atoms with Crippen LogP contribution >= 0.6 is 0 Å². The molecule has 0 amide bonds. The van der Waals surface area contributed by atoms with Crippen LogP contribution in [0.5, 0.6) is 0 Å². The summed E-state index contributed by atoms with van der Waals surface area (Å²) in [6.07, 6.45) is 1.55. The Morgan fingerprint density at radius 2 is 1.82 bits per heavy atom. The average molecular weight is 246 g/mol. The van der Waals surface area contributed by atoms with Gasteiger partial charge in [0.15, 0.2) is 0 Å². The molecule has 0 rings (SSSR count). The van der Waals surface area contributed by atoms with Crippen LogP contribution in [0, 0.1) is 0 Å². The van der Waals surface area contributed by atoms with Crippen LogP contribution in [0.15, 0.2) is 24.3 Å². The summed E-state index contributed by atoms with van der Waals surface area (Å²) >= 11 is 0. The third kappa shape index (κ3) is 7.64. The highest BCUT2D eigenvalue weighted by atomic mass is 16.5. The molecule has 6 nitrogen and oxygen atoms in total. The van der Waals surface area contributed by atoms with E-state index in [4.69, 9.17) is 10.2 Å². The first-order valence-electron chi connectivity index (χ1n) is 5.14. The van der Waals surface area contributed by atoms with E-state index in [-0.39, 0.29) is 6.61 Å². The molecule has 0 spiro atoms. The van der Waals surface area contributed by atoms with Gasteiger partial charge in [-0.3, -0.25) is 0 Å². The van der Waals surface area contributed by atoms with Crippen molar-refractivity contribution >= 4 is 5.97 Å². The second kappa shape index (κ2) is 8.89. The lowest BCUT2D eigenvalue weighted by molar-refractivity contribution is -0.141. The summed E-state index contributed by atoms with van der Waals surface area (Å²) in [5.74, 6) is -0.774. The highest BCUT2D eigenvalue weighted by Crippen LogP contribution is 1.98. The highest BCUT2D eigenvalue weighted by Gasteiger charge is 2.10. The molecule has 0 fully saturated rings. The van der Waals surface area contributed by atoms with Gasteiger partial charge in [0, 0.05) is 6.08 Å². The number of carbonyl (C=O) groups is 1. The molecule has 3 unspecified atom stereocenters. The van der Waals surface area contributed by atoms with Gasteiger partial charge in [-0.2, -0.15) is 0 Å². The predicted molar refractivity (Wildman–Crippen MR) is 60.0 cm³/mol. The molecule has 3 atom stereocenters. The van der Waals surface area contributed by atoms with Crippen molar-refractivity contribution in [3.8, 4) is 0 Å². The Bertz CT molecular complexity index is 273. The van der Waals surface area contributed by atoms with E-state index in [9.17, 15) is 15.0 Å². The highest BCUT2D eigenvalue weighted by molar-refractivity contribution is 5.82. The zero-order valence-corrected chi connectivity index (χ0v) is 9.56. The first-order valence-corrected chi connectivity index (χ1v) is 5.14. The number of carbonyl (C=O) groups excluding carboxylic acids is 1. The fraction of sp³-hybridized carbons (Fsp3) is 0.545. The van der Waals surface area contributed by atoms with Crippen molar-refractivity contribution in [1.29, 1.82) is 0 Å². The predicted octanol–water partition coefficient (Wildman–Crippen LogP) is -1.26. The molecule has 0 radical (unpaired) electrons. The number of ether oxygens (including phenoxy) is 1. The van der Waals surface area contributed by atoms with Crippen molar-refractivity contribution in [2.45, 2.75) is 25.2 Å². The van der Waals surface area contributed by atoms with Crippen molar-refractivity contribution in [2.24, 2.45) is 0 Å². The van der Waals surface area contributed by atoms with Crippen LogP contribution in [0.25, 0.3) is 0 Å². The van der Waals surface area contributed by atoms with Gasteiger partial charge in [0.1, 0.15) is 24.9 Å². The van der Waals surface area contributed by atoms with E-state index in [1.54, 1.807) is 13.0 Å². The van der Waals surface area contributed by atoms with E-state index in [0.29, 0.717) is 0 Å². The van der Waals surface area contributed by atoms with Gasteiger partial charge in [-0.1, -0.05) is 12.2 Å². The molecular weight excluding hydrogens is 228 g/mol. The average Bonchev–Trinajstić information content (AvgIpc) is 2.32. The van der Waals surface area contributed by atoms with Crippen LogP contribution in [0.3, 0.4) is 0 Å². The Labute approximate surface area is 99.5 Å². The molecule has 0 aromatic rings. The summed E-state index contributed by atoms with van der Waals surface area (Å²) in [7, 11) is 0. The summed E-state index contributed by atoms with van der Waals surface area (Å²) in [5.41, 5.74) is 0. The molecule has 0 aliphatic carbocycles. The third-order valence-corrected chi connectivity index (χ3v) is 1.80. The van der Waals surface area contributed by atoms with Gasteiger partial charge < -0.3 is 25.2 Å². The minimum absolute atomic E-state index is 0.326. The lowest BCUT2D eigenvalue weighted by Crippen LogP contribution is -2.23. The first kappa shape index (κ1) is 15.8. The van der Waals surface area contributed by atoms with Crippen molar-refractivity contribution in [1.82, 2.24) is 0 Å². The molecule has 4 N–H and O–H groups in total. The minimum Gasteiger partial charge on any atom is -0.460 e. The van der Waals surface area contributed by atoms with Gasteiger partial charge in [-0.25, -0.2) is 4.79 Å². The van der Waals surface area contributed by atoms with Gasteiger partial charge >= 0.3 is 5.97 Å². The summed E-state index contributed by atoms with van der Waals surface area (Å²) in [6, 6.07) is 0. The van der Waals surface area contributed by atoms with Crippen LogP contribution in [0.2, 0.25) is 0 Å². The minimum atomic E-state index is -1.21. The van der Waals surface area contributed by atoms with Crippen molar-refractivity contribution in [3.63, 3.8) is 0 Å². The largest absolute Gasteiger partial charge is 0.460 e. The normalized spacial score (nSPS) is 17.2. The fourth-order valence-electron chi connectivity index (χ4n) is 0.881. The van der Waals surface area contributed by atoms with Gasteiger partial charge in [0.25, 0.3) is 0 Å². The van der Waals surface area contributed by atoms with E-state index in [1.807, 2.05) is 0 Å². The standard InChI is InChI=1S/C11H18O6/c1-2-3-9(14)10(15)4-5-11(16)17-7-8(13)6-12/h2-5,8-10,12-15H,6-7H2,1H3/b3-2+,5-4+. The number of aliphatic hydroxyl groups excluding tert-OH is 4. The molecule has 0 aliphatic rings. The molecule has 17 heavy (non-hydrogen) atoms. The summed E-state index contributed by atoms with van der Waals surface area (Å²) in [5, 5.41) is 36.0. The first-order chi connectivity index (χ1) is 8.01. The molecule has 0 heterocycles. The maximum atomic E-state index is 11.0. The number of hydrogen-bond acceptors (Lipinski definition) is 6. The molecule has 0 aromatic carbocycles. The molecule has 0 bridgehead atoms. The lowest BCUT2D eigenvalue weighted by Gasteiger charge is -2.09. The molecule has 0 saturated carbocycles. The molecule has 0 aromatic heterocycles. The Morgan fingerprint density at radius 1 is 1.24 bits per heavy atom. The number of hydrogen-bond donors (Lipinski definition) is 4. The van der Waals surface area contributed by atoms with Gasteiger partial charge in [-0.15, -0.1) is 0 Å². The molecule has 0 aliphatic heterocycles. The molecule has 98 valence electrons. The SMILES string of the molecule is C/C=C/C(O)C(O)/C=C/C(=O)OCC(O)CO. The van der Waals surface area contributed by atoms with Crippen molar-refractivity contribution in [2.75, 3.05) is 13.2 Å². The van der Waals surface area contributed by atoms with Crippen molar-refractivity contribution < 1.29 is 30.0 Å². The van der Waals surface area contributed by atoms with E-state index < -0.39 is 30.9 Å². The summed E-state index contributed by atoms with van der Waals surface area (Å²) in [4.78, 5) is 11.0. The van der Waals surface area contributed by atoms with Gasteiger partial charge in [0.2, 0.25) is 0 Å². The maximum Gasteiger partial charge on any atom is 0.330 e. The lowest BCUT2D eigenvalue weighted by atomic mass is 10.2. The Kier molecular flexibility index (Phi) is 8.25. The van der Waals surface area contributed by atoms with E-state index in [0.717, 1.165) is 12.2 Å². The van der Waals surface area contributed by atoms with E-state index in [1.165, 1.54) is 6.08 Å². The smallest absolute Gasteiger partial charge is 0.330 e. The Morgan fingerprint density at radius 3 is 2.35 bits per heavy atom. The zero-order chi connectivity index (χ0) is 13.3. The van der Waals surface area contributed by atoms with Crippen molar-refractivity contribution in [3.05, 3.63) is 24.3 Å². The van der Waals surface area contributed by atoms with E-state index >= 15 is 0 Å². The monoisotopic (exact) mass is 246 g/mol. The maximum absolute atomic E-state index is 11.0. The Balaban J connectivity index is 4.02. The topological polar surface area (TPSA) is 107 Å². The second-order valence-corrected chi connectivity index (χ2v) is 3.33. The molecular formula is C11H18O6. The quantitative estimate of drug-likeness (QED) is 0.254. The number of rotatable bonds is 7. The Hall–Kier alpha value is -1.21. The zero-order valence-electron chi connectivity index (χ0n) is 9.56. The van der Waals surface area contributed by atoms with Gasteiger partial charge in [-0.05, 0) is 13.0 Å². The van der Waals surface area contributed by atoms with E-state index in [2.05, 4.69) is 4.74 Å². The van der Waals surface area contributed by atoms with Crippen LogP contribution in [0.1, 0.15) is 6.92 Å². The number of esters is 1. The molecule has 0 saturated heterocycles. The third-order valence-electron chi connectivity index (χ3n) is 1.80. The summed E-state index contributed by atoms with van der Waals surface area (Å²) in [6.45, 7) is 0.858. The second-order valence-electron chi connectivity index (χ2n) is 3.33. The van der Waals surface area contributed by atoms with Crippen LogP contribution < -0.4 is 0 Å².